The van der Waals surface area contributed by atoms with Gasteiger partial charge in [0.15, 0.2) is 0 Å². The summed E-state index contributed by atoms with van der Waals surface area (Å²) in [6.45, 7) is 1.82. The highest BCUT2D eigenvalue weighted by atomic mass is 35.5. The lowest BCUT2D eigenvalue weighted by atomic mass is 9.97. The van der Waals surface area contributed by atoms with Crippen molar-refractivity contribution >= 4 is 38.9 Å². The Morgan fingerprint density at radius 1 is 1.26 bits per heavy atom. The molecule has 1 N–H and O–H groups in total. The lowest BCUT2D eigenvalue weighted by Crippen LogP contribution is -2.41. The molecule has 0 spiro atoms. The second kappa shape index (κ2) is 9.01. The molecule has 1 saturated heterocycles. The number of nitro benzene ring substituents is 1. The van der Waals surface area contributed by atoms with Crippen LogP contribution in [-0.4, -0.2) is 36.6 Å². The van der Waals surface area contributed by atoms with Gasteiger partial charge in [0.2, 0.25) is 15.9 Å². The quantitative estimate of drug-likeness (QED) is 0.534. The van der Waals surface area contributed by atoms with E-state index in [1.165, 1.54) is 28.6 Å². The van der Waals surface area contributed by atoms with Crippen LogP contribution in [0.4, 0.5) is 11.4 Å². The molecular formula is C20H19ClN4O5S. The maximum absolute atomic E-state index is 13.0. The van der Waals surface area contributed by atoms with E-state index in [0.717, 1.165) is 6.07 Å². The largest absolute Gasteiger partial charge is 0.326 e. The molecule has 0 atom stereocenters. The van der Waals surface area contributed by atoms with Crippen molar-refractivity contribution in [3.05, 3.63) is 62.7 Å². The number of nitrogens with one attached hydrogen (secondary N) is 1. The van der Waals surface area contributed by atoms with Gasteiger partial charge in [0, 0.05) is 36.8 Å². The van der Waals surface area contributed by atoms with Crippen molar-refractivity contribution in [2.75, 3.05) is 18.4 Å². The summed E-state index contributed by atoms with van der Waals surface area (Å²) in [6.07, 6.45) is 0.607. The number of benzene rings is 2. The predicted octanol–water partition coefficient (Wildman–Crippen LogP) is 3.47. The molecule has 11 heteroatoms. The van der Waals surface area contributed by atoms with Crippen molar-refractivity contribution in [1.29, 1.82) is 5.26 Å². The van der Waals surface area contributed by atoms with E-state index in [9.17, 15) is 23.3 Å². The molecule has 1 fully saturated rings. The number of sulfonamides is 1. The first-order valence-electron chi connectivity index (χ1n) is 9.39. The highest BCUT2D eigenvalue weighted by Crippen LogP contribution is 2.29. The molecule has 1 aliphatic heterocycles. The van der Waals surface area contributed by atoms with Gasteiger partial charge >= 0.3 is 0 Å². The number of carbonyl (C=O) groups excluding carboxylic acids is 1. The summed E-state index contributed by atoms with van der Waals surface area (Å²) in [6, 6.07) is 10.3. The number of carbonyl (C=O) groups is 1. The minimum atomic E-state index is -3.92. The van der Waals surface area contributed by atoms with Crippen LogP contribution in [-0.2, 0) is 14.8 Å². The average Bonchev–Trinajstić information content (AvgIpc) is 2.75. The van der Waals surface area contributed by atoms with Crippen molar-refractivity contribution in [2.24, 2.45) is 5.92 Å². The zero-order valence-electron chi connectivity index (χ0n) is 16.5. The minimum absolute atomic E-state index is 0.102. The fourth-order valence-electron chi connectivity index (χ4n) is 3.41. The maximum atomic E-state index is 13.0. The number of nitrogens with zero attached hydrogens (tertiary/aromatic N) is 3. The molecule has 0 unspecified atom stereocenters. The second-order valence-electron chi connectivity index (χ2n) is 7.18. The molecule has 3 rings (SSSR count). The summed E-state index contributed by atoms with van der Waals surface area (Å²) in [4.78, 5) is 22.9. The average molecular weight is 463 g/mol. The molecule has 1 amide bonds. The summed E-state index contributed by atoms with van der Waals surface area (Å²) in [7, 11) is -3.92. The van der Waals surface area contributed by atoms with Crippen molar-refractivity contribution in [3.8, 4) is 6.07 Å². The van der Waals surface area contributed by atoms with E-state index < -0.39 is 20.9 Å². The number of hydrogen-bond acceptors (Lipinski definition) is 6. The summed E-state index contributed by atoms with van der Waals surface area (Å²) >= 11 is 5.89. The number of hydrogen-bond donors (Lipinski definition) is 1. The van der Waals surface area contributed by atoms with Crippen molar-refractivity contribution < 1.29 is 18.1 Å². The van der Waals surface area contributed by atoms with E-state index in [0.29, 0.717) is 24.1 Å². The highest BCUT2D eigenvalue weighted by Gasteiger charge is 2.33. The Kier molecular flexibility index (Phi) is 6.59. The van der Waals surface area contributed by atoms with E-state index in [-0.39, 0.29) is 40.2 Å². The number of piperidine rings is 1. The third kappa shape index (κ3) is 4.85. The van der Waals surface area contributed by atoms with Crippen LogP contribution >= 0.6 is 11.6 Å². The molecule has 2 aromatic carbocycles. The van der Waals surface area contributed by atoms with Crippen molar-refractivity contribution in [1.82, 2.24) is 4.31 Å². The Bertz CT molecular complexity index is 1180. The molecule has 1 aliphatic rings. The summed E-state index contributed by atoms with van der Waals surface area (Å²) in [5, 5.41) is 23.1. The standard InChI is InChI=1S/C20H19ClN4O5S/c1-13-2-4-17(25(27)28)11-19(13)31(29,30)24-8-6-14(7-9-24)20(26)23-16-3-5-18(21)15(10-16)12-22/h2-5,10-11,14H,6-9H2,1H3,(H,23,26). The monoisotopic (exact) mass is 462 g/mol. The van der Waals surface area contributed by atoms with Crippen molar-refractivity contribution in [2.45, 2.75) is 24.7 Å². The van der Waals surface area contributed by atoms with Crippen LogP contribution in [0.15, 0.2) is 41.3 Å². The highest BCUT2D eigenvalue weighted by molar-refractivity contribution is 7.89. The summed E-state index contributed by atoms with van der Waals surface area (Å²) < 4.78 is 27.3. The molecule has 0 radical (unpaired) electrons. The minimum Gasteiger partial charge on any atom is -0.326 e. The summed E-state index contributed by atoms with van der Waals surface area (Å²) in [5.74, 6) is -0.673. The van der Waals surface area contributed by atoms with Gasteiger partial charge < -0.3 is 5.32 Å². The molecule has 1 heterocycles. The van der Waals surface area contributed by atoms with Gasteiger partial charge in [-0.2, -0.15) is 9.57 Å². The Balaban J connectivity index is 1.69. The second-order valence-corrected chi connectivity index (χ2v) is 9.49. The Morgan fingerprint density at radius 2 is 1.94 bits per heavy atom. The topological polar surface area (TPSA) is 133 Å². The lowest BCUT2D eigenvalue weighted by molar-refractivity contribution is -0.385. The van der Waals surface area contributed by atoms with Gasteiger partial charge in [0.25, 0.3) is 5.69 Å². The molecule has 2 aromatic rings. The van der Waals surface area contributed by atoms with Gasteiger partial charge in [0.1, 0.15) is 6.07 Å². The molecule has 0 aromatic heterocycles. The van der Waals surface area contributed by atoms with E-state index >= 15 is 0 Å². The fraction of sp³-hybridized carbons (Fsp3) is 0.300. The maximum Gasteiger partial charge on any atom is 0.270 e. The smallest absolute Gasteiger partial charge is 0.270 e. The van der Waals surface area contributed by atoms with Gasteiger partial charge in [-0.15, -0.1) is 0 Å². The molecular weight excluding hydrogens is 444 g/mol. The molecule has 0 aliphatic carbocycles. The van der Waals surface area contributed by atoms with Gasteiger partial charge in [-0.3, -0.25) is 14.9 Å². The van der Waals surface area contributed by atoms with E-state index in [1.54, 1.807) is 13.0 Å². The normalized spacial score (nSPS) is 15.3. The first-order valence-corrected chi connectivity index (χ1v) is 11.2. The number of aryl methyl sites for hydroxylation is 1. The predicted molar refractivity (Wildman–Crippen MR) is 114 cm³/mol. The number of nitriles is 1. The van der Waals surface area contributed by atoms with E-state index in [1.807, 2.05) is 6.07 Å². The lowest BCUT2D eigenvalue weighted by Gasteiger charge is -2.30. The molecule has 31 heavy (non-hydrogen) atoms. The van der Waals surface area contributed by atoms with Crippen molar-refractivity contribution in [3.63, 3.8) is 0 Å². The first kappa shape index (κ1) is 22.7. The number of amides is 1. The van der Waals surface area contributed by atoms with Crippen LogP contribution in [0.5, 0.6) is 0 Å². The Hall–Kier alpha value is -3.00. The SMILES string of the molecule is Cc1ccc([N+](=O)[O-])cc1S(=O)(=O)N1CCC(C(=O)Nc2ccc(Cl)c(C#N)c2)CC1. The summed E-state index contributed by atoms with van der Waals surface area (Å²) in [5.41, 5.74) is 0.806. The van der Waals surface area contributed by atoms with Crippen LogP contribution in [0, 0.1) is 34.3 Å². The Morgan fingerprint density at radius 3 is 2.55 bits per heavy atom. The zero-order chi connectivity index (χ0) is 22.8. The third-order valence-electron chi connectivity index (χ3n) is 5.18. The number of rotatable bonds is 5. The van der Waals surface area contributed by atoms with Crippen LogP contribution in [0.1, 0.15) is 24.0 Å². The van der Waals surface area contributed by atoms with Crippen LogP contribution < -0.4 is 5.32 Å². The number of halogens is 1. The van der Waals surface area contributed by atoms with Crippen LogP contribution in [0.2, 0.25) is 5.02 Å². The third-order valence-corrected chi connectivity index (χ3v) is 7.55. The molecule has 0 saturated carbocycles. The van der Waals surface area contributed by atoms with E-state index in [2.05, 4.69) is 5.32 Å². The zero-order valence-corrected chi connectivity index (χ0v) is 18.1. The number of non-ortho nitro benzene ring substituents is 1. The molecule has 162 valence electrons. The molecule has 9 nitrogen and oxygen atoms in total. The van der Waals surface area contributed by atoms with Gasteiger partial charge in [-0.25, -0.2) is 8.42 Å². The van der Waals surface area contributed by atoms with Crippen LogP contribution in [0.3, 0.4) is 0 Å². The van der Waals surface area contributed by atoms with Gasteiger partial charge in [0.05, 0.1) is 20.4 Å². The number of anilines is 1. The van der Waals surface area contributed by atoms with Crippen LogP contribution in [0.25, 0.3) is 0 Å². The number of nitro groups is 1. The molecule has 0 bridgehead atoms. The Labute approximate surface area is 184 Å². The van der Waals surface area contributed by atoms with Gasteiger partial charge in [-0.1, -0.05) is 17.7 Å². The first-order chi connectivity index (χ1) is 14.6. The van der Waals surface area contributed by atoms with E-state index in [4.69, 9.17) is 16.9 Å². The fourth-order valence-corrected chi connectivity index (χ4v) is 5.28. The van der Waals surface area contributed by atoms with Gasteiger partial charge in [-0.05, 0) is 43.5 Å².